The van der Waals surface area contributed by atoms with Crippen LogP contribution in [0.4, 0.5) is 0 Å². The van der Waals surface area contributed by atoms with E-state index < -0.39 is 0 Å². The monoisotopic (exact) mass is 1990 g/mol. The van der Waals surface area contributed by atoms with E-state index in [1.54, 1.807) is 5.57 Å². The van der Waals surface area contributed by atoms with Crippen molar-refractivity contribution in [3.05, 3.63) is 296 Å². The number of hydrogen-bond donors (Lipinski definition) is 2. The number of nitrogens with one attached hydrogen (secondary N) is 2. The first-order valence-electron chi connectivity index (χ1n) is 55.8. The summed E-state index contributed by atoms with van der Waals surface area (Å²) in [6.45, 7) is 114. The van der Waals surface area contributed by atoms with Crippen molar-refractivity contribution in [2.75, 3.05) is 0 Å². The van der Waals surface area contributed by atoms with Crippen LogP contribution < -0.4 is 0 Å². The fourth-order valence-electron chi connectivity index (χ4n) is 13.7. The summed E-state index contributed by atoms with van der Waals surface area (Å²) in [5, 5.41) is 24.6. The van der Waals surface area contributed by atoms with E-state index in [0.717, 1.165) is 28.8 Å². The molecule has 0 spiro atoms. The lowest BCUT2D eigenvalue weighted by Crippen LogP contribution is -2.00. The molecule has 0 saturated carbocycles. The molecule has 13 rings (SSSR count). The smallest absolute Gasteiger partial charge is 0.106 e. The maximum Gasteiger partial charge on any atom is 0.106 e. The molecule has 0 unspecified atom stereocenters. The SMILES string of the molecule is CC(C)C1=CCC(C(C)C)=C1.CC(C)c1c[nH]c(C(C)C)c1.CC(C)c1c[nH]c(C(C)C)c1.CC(C)c1ccc(C(C)C)cc1.CC(C)c1cccc(C(C)C)c1.CC(C)c1ccn(C(C)C)c1.CC(C)c1ccn(C(C)C)c1.CC(C)c1cn(C(C)C)nn1.CC(C)c1cn(C(C)C)nn1.CC(C)c1cnn(C(C)C)c1.CC(C)c1cnn(C(C)C)c1.CC(C)c1coc(C(C)C)c1.CC(C)c1coc(C(C)C)c1. The summed E-state index contributed by atoms with van der Waals surface area (Å²) in [5.41, 5.74) is 24.6. The Labute approximate surface area is 889 Å². The molecule has 1 aliphatic rings. The predicted molar refractivity (Wildman–Crippen MR) is 632 cm³/mol. The van der Waals surface area contributed by atoms with Gasteiger partial charge in [0.05, 0.1) is 36.3 Å². The molecule has 0 saturated heterocycles. The average molecular weight is 2000 g/mol. The van der Waals surface area contributed by atoms with Gasteiger partial charge in [0.25, 0.3) is 0 Å². The van der Waals surface area contributed by atoms with Gasteiger partial charge >= 0.3 is 0 Å². The standard InChI is InChI=1S/2C12H18.C11H18.4C10H17N.2C10H16O.2C9H16N2.2C8H15N3/c1-9(2)11-5-7-12(8-6-11)10(3)4;1-9(2)11-6-5-7-12(8-11)10(3)4;1-8(2)10-5-6-11(7-10)9(3)4;2*1-7(2)9-5-10(8(3)4)11-6-9;2*1-8(2)10-5-6-11(7-10)9(3)4;2*1-7(2)9-5-10(8(3)4)11-6-9;2*1-7(2)9-5-10-11(6-9)8(3)4;2*1-6(2)8-5-11(7(3)4)10-9-8/h2*5-10H,1-4H3;5,7-9H,6H2,1-4H3;2*5-8,11H,1-4H3;2*5-9H,1-4H3;4*5-8H,1-4H3;2*5-7H,1-4H3. The van der Waals surface area contributed by atoms with Crippen LogP contribution in [0.15, 0.2) is 204 Å². The summed E-state index contributed by atoms with van der Waals surface area (Å²) in [7, 11) is 0. The van der Waals surface area contributed by atoms with Crippen LogP contribution in [-0.2, 0) is 0 Å². The third-order valence-electron chi connectivity index (χ3n) is 25.6. The van der Waals surface area contributed by atoms with E-state index >= 15 is 0 Å². The molecule has 814 valence electrons. The minimum Gasteiger partial charge on any atom is -0.469 e. The topological polar surface area (TPSA) is 165 Å². The van der Waals surface area contributed by atoms with Crippen molar-refractivity contribution in [1.82, 2.24) is 68.7 Å². The first-order valence-corrected chi connectivity index (χ1v) is 55.8. The second-order valence-electron chi connectivity index (χ2n) is 47.5. The van der Waals surface area contributed by atoms with E-state index in [0.29, 0.717) is 149 Å². The highest BCUT2D eigenvalue weighted by atomic mass is 16.3. The van der Waals surface area contributed by atoms with Crippen LogP contribution in [-0.4, -0.2) is 68.7 Å². The van der Waals surface area contributed by atoms with Gasteiger partial charge in [0, 0.05) is 121 Å². The largest absolute Gasteiger partial charge is 0.469 e. The normalized spacial score (nSPS) is 11.9. The Bertz CT molecular complexity index is 4230. The van der Waals surface area contributed by atoms with E-state index in [9.17, 15) is 0 Å². The van der Waals surface area contributed by atoms with Crippen molar-refractivity contribution in [3.8, 4) is 0 Å². The molecule has 10 aromatic heterocycles. The van der Waals surface area contributed by atoms with Crippen LogP contribution in [0.2, 0.25) is 0 Å². The van der Waals surface area contributed by atoms with Crippen molar-refractivity contribution in [2.45, 2.75) is 509 Å². The number of benzene rings is 2. The minimum atomic E-state index is 0.412. The lowest BCUT2D eigenvalue weighted by atomic mass is 9.96. The number of hydrogen-bond acceptors (Lipinski definition) is 8. The highest BCUT2D eigenvalue weighted by Crippen LogP contribution is 2.31. The van der Waals surface area contributed by atoms with Gasteiger partial charge in [-0.15, -0.1) is 10.2 Å². The van der Waals surface area contributed by atoms with Gasteiger partial charge in [0.2, 0.25) is 0 Å². The summed E-state index contributed by atoms with van der Waals surface area (Å²) in [5.74, 6) is 14.3. The van der Waals surface area contributed by atoms with Crippen molar-refractivity contribution < 1.29 is 8.83 Å². The van der Waals surface area contributed by atoms with E-state index in [2.05, 4.69) is 557 Å². The Hall–Kier alpha value is -9.70. The summed E-state index contributed by atoms with van der Waals surface area (Å²) in [6, 6.07) is 34.0. The number of furan rings is 2. The van der Waals surface area contributed by atoms with Gasteiger partial charge in [-0.3, -0.25) is 9.36 Å². The Morgan fingerprint density at radius 3 is 0.717 bits per heavy atom. The first-order chi connectivity index (χ1) is 67.4. The maximum atomic E-state index is 5.39. The van der Waals surface area contributed by atoms with E-state index in [-0.39, 0.29) is 0 Å². The van der Waals surface area contributed by atoms with Gasteiger partial charge in [0.15, 0.2) is 0 Å². The van der Waals surface area contributed by atoms with Crippen LogP contribution in [0.25, 0.3) is 0 Å². The number of H-pyrrole nitrogens is 2. The lowest BCUT2D eigenvalue weighted by Gasteiger charge is -2.09. The quantitative estimate of drug-likeness (QED) is 0.0541. The third kappa shape index (κ3) is 51.7. The summed E-state index contributed by atoms with van der Waals surface area (Å²) in [6.07, 6.45) is 34.8. The van der Waals surface area contributed by atoms with Crippen LogP contribution in [0.3, 0.4) is 0 Å². The molecule has 2 aromatic carbocycles. The molecule has 0 atom stereocenters. The van der Waals surface area contributed by atoms with E-state index in [1.807, 2.05) is 56.0 Å². The molecule has 145 heavy (non-hydrogen) atoms. The molecule has 12 aromatic rings. The van der Waals surface area contributed by atoms with Crippen LogP contribution >= 0.6 is 0 Å². The molecule has 0 radical (unpaired) electrons. The van der Waals surface area contributed by atoms with Gasteiger partial charge in [-0.1, -0.05) is 354 Å². The molecule has 0 aliphatic heterocycles. The zero-order valence-electron chi connectivity index (χ0n) is 102. The Morgan fingerprint density at radius 1 is 0.248 bits per heavy atom. The molecule has 16 heteroatoms. The Morgan fingerprint density at radius 2 is 0.552 bits per heavy atom. The number of rotatable bonds is 26. The highest BCUT2D eigenvalue weighted by Gasteiger charge is 2.17. The molecule has 2 N–H and O–H groups in total. The average Bonchev–Trinajstić information content (AvgIpc) is 1.76. The molecule has 10 heterocycles. The number of allylic oxidation sites excluding steroid dienone is 4. The lowest BCUT2D eigenvalue weighted by molar-refractivity contribution is 0.484. The first kappa shape index (κ1) is 133. The van der Waals surface area contributed by atoms with Crippen molar-refractivity contribution >= 4 is 0 Å². The second-order valence-corrected chi connectivity index (χ2v) is 47.5. The van der Waals surface area contributed by atoms with Crippen molar-refractivity contribution in [1.29, 1.82) is 0 Å². The van der Waals surface area contributed by atoms with Gasteiger partial charge in [-0.25, -0.2) is 9.36 Å². The predicted octanol–water partition coefficient (Wildman–Crippen LogP) is 40.5. The van der Waals surface area contributed by atoms with Gasteiger partial charge < -0.3 is 27.9 Å². The van der Waals surface area contributed by atoms with Gasteiger partial charge in [-0.2, -0.15) is 10.2 Å². The molecule has 0 amide bonds. The van der Waals surface area contributed by atoms with Crippen molar-refractivity contribution in [2.24, 2.45) is 11.8 Å². The molecular formula is C129H216N14O2. The molecule has 0 bridgehead atoms. The van der Waals surface area contributed by atoms with Crippen LogP contribution in [0.5, 0.6) is 0 Å². The fourth-order valence-corrected chi connectivity index (χ4v) is 13.7. The van der Waals surface area contributed by atoms with E-state index in [1.165, 1.54) is 90.1 Å². The number of aromatic nitrogens is 14. The fraction of sp³-hybridized carbons (Fsp3) is 0.612. The number of aromatic amines is 2. The zero-order valence-corrected chi connectivity index (χ0v) is 102. The van der Waals surface area contributed by atoms with Crippen LogP contribution in [0.1, 0.15) is 610 Å². The Kier molecular flexibility index (Phi) is 62.5. The molecular weight excluding hydrogens is 1780 g/mol. The van der Waals surface area contributed by atoms with Gasteiger partial charge in [-0.05, 0) is 305 Å². The Balaban J connectivity index is 0.000000785. The zero-order chi connectivity index (χ0) is 111. The second kappa shape index (κ2) is 68.0. The third-order valence-corrected chi connectivity index (χ3v) is 25.6. The van der Waals surface area contributed by atoms with Gasteiger partial charge in [0.1, 0.15) is 11.5 Å². The summed E-state index contributed by atoms with van der Waals surface area (Å²) < 4.78 is 23.0. The molecule has 1 aliphatic carbocycles. The summed E-state index contributed by atoms with van der Waals surface area (Å²) >= 11 is 0. The minimum absolute atomic E-state index is 0.412. The number of nitrogens with zero attached hydrogens (tertiary/aromatic N) is 12. The van der Waals surface area contributed by atoms with Crippen molar-refractivity contribution in [3.63, 3.8) is 0 Å². The highest BCUT2D eigenvalue weighted by molar-refractivity contribution is 5.35. The van der Waals surface area contributed by atoms with Crippen LogP contribution in [0, 0.1) is 11.8 Å². The van der Waals surface area contributed by atoms with E-state index in [4.69, 9.17) is 8.83 Å². The molecule has 0 fully saturated rings. The summed E-state index contributed by atoms with van der Waals surface area (Å²) in [4.78, 5) is 6.57. The molecule has 16 nitrogen and oxygen atoms in total. The maximum absolute atomic E-state index is 5.39.